The van der Waals surface area contributed by atoms with Gasteiger partial charge in [0, 0.05) is 25.9 Å². The minimum Gasteiger partial charge on any atom is -0.399 e. The minimum atomic E-state index is -0.0604. The SMILES string of the molecule is COC1(C)CCCN(c2nc3ccc(N)cc3s2)C1. The number of anilines is 2. The molecule has 4 nitrogen and oxygen atoms in total. The molecule has 0 amide bonds. The largest absolute Gasteiger partial charge is 0.399 e. The van der Waals surface area contributed by atoms with Crippen molar-refractivity contribution in [3.63, 3.8) is 0 Å². The third kappa shape index (κ3) is 2.40. The zero-order valence-electron chi connectivity index (χ0n) is 11.3. The molecule has 0 bridgehead atoms. The highest BCUT2D eigenvalue weighted by Crippen LogP contribution is 2.34. The summed E-state index contributed by atoms with van der Waals surface area (Å²) >= 11 is 1.71. The van der Waals surface area contributed by atoms with Gasteiger partial charge in [-0.3, -0.25) is 0 Å². The number of nitrogens with two attached hydrogens (primary N) is 1. The van der Waals surface area contributed by atoms with Gasteiger partial charge in [0.2, 0.25) is 0 Å². The molecule has 0 radical (unpaired) electrons. The maximum absolute atomic E-state index is 5.82. The third-order valence-corrected chi connectivity index (χ3v) is 4.90. The average Bonchev–Trinajstić information content (AvgIpc) is 2.82. The molecule has 1 aromatic carbocycles. The second-order valence-electron chi connectivity index (χ2n) is 5.40. The van der Waals surface area contributed by atoms with Crippen LogP contribution in [-0.2, 0) is 4.74 Å². The van der Waals surface area contributed by atoms with Gasteiger partial charge >= 0.3 is 0 Å². The highest BCUT2D eigenvalue weighted by molar-refractivity contribution is 7.22. The van der Waals surface area contributed by atoms with Crippen LogP contribution in [0.1, 0.15) is 19.8 Å². The normalized spacial score (nSPS) is 24.0. The molecule has 1 aliphatic heterocycles. The Morgan fingerprint density at radius 1 is 1.47 bits per heavy atom. The van der Waals surface area contributed by atoms with Crippen LogP contribution in [0, 0.1) is 0 Å². The van der Waals surface area contributed by atoms with Crippen LogP contribution in [0.15, 0.2) is 18.2 Å². The average molecular weight is 277 g/mol. The number of nitrogens with zero attached hydrogens (tertiary/aromatic N) is 2. The highest BCUT2D eigenvalue weighted by atomic mass is 32.1. The molecule has 0 spiro atoms. The maximum atomic E-state index is 5.82. The first kappa shape index (κ1) is 12.7. The predicted molar refractivity (Wildman–Crippen MR) is 80.9 cm³/mol. The number of ether oxygens (including phenoxy) is 1. The summed E-state index contributed by atoms with van der Waals surface area (Å²) in [5, 5.41) is 1.07. The summed E-state index contributed by atoms with van der Waals surface area (Å²) in [5.41, 5.74) is 7.58. The summed E-state index contributed by atoms with van der Waals surface area (Å²) in [6.07, 6.45) is 2.25. The lowest BCUT2D eigenvalue weighted by Crippen LogP contribution is -2.47. The Hall–Kier alpha value is -1.33. The van der Waals surface area contributed by atoms with E-state index < -0.39 is 0 Å². The van der Waals surface area contributed by atoms with Crippen molar-refractivity contribution in [3.05, 3.63) is 18.2 Å². The monoisotopic (exact) mass is 277 g/mol. The fourth-order valence-corrected chi connectivity index (χ4v) is 3.64. The van der Waals surface area contributed by atoms with Crippen LogP contribution in [-0.4, -0.2) is 30.8 Å². The van der Waals surface area contributed by atoms with E-state index in [1.54, 1.807) is 18.4 Å². The van der Waals surface area contributed by atoms with E-state index in [2.05, 4.69) is 11.8 Å². The molecule has 1 aliphatic rings. The molecular formula is C14H19N3OS. The molecule has 0 saturated carbocycles. The van der Waals surface area contributed by atoms with Gasteiger partial charge in [-0.2, -0.15) is 0 Å². The second kappa shape index (κ2) is 4.65. The van der Waals surface area contributed by atoms with Crippen molar-refractivity contribution >= 4 is 32.4 Å². The van der Waals surface area contributed by atoms with E-state index in [1.165, 1.54) is 0 Å². The van der Waals surface area contributed by atoms with Crippen LogP contribution in [0.4, 0.5) is 10.8 Å². The molecule has 1 saturated heterocycles. The van der Waals surface area contributed by atoms with Crippen molar-refractivity contribution in [3.8, 4) is 0 Å². The van der Waals surface area contributed by atoms with Gasteiger partial charge in [0.25, 0.3) is 0 Å². The molecule has 19 heavy (non-hydrogen) atoms. The minimum absolute atomic E-state index is 0.0604. The molecule has 2 heterocycles. The Kier molecular flexibility index (Phi) is 3.11. The molecule has 1 atom stereocenters. The molecule has 1 aromatic heterocycles. The molecule has 1 unspecified atom stereocenters. The van der Waals surface area contributed by atoms with Crippen LogP contribution in [0.2, 0.25) is 0 Å². The Labute approximate surface area is 117 Å². The fourth-order valence-electron chi connectivity index (χ4n) is 2.60. The van der Waals surface area contributed by atoms with E-state index >= 15 is 0 Å². The van der Waals surface area contributed by atoms with Gasteiger partial charge in [0.15, 0.2) is 5.13 Å². The molecule has 5 heteroatoms. The zero-order valence-corrected chi connectivity index (χ0v) is 12.2. The van der Waals surface area contributed by atoms with Crippen LogP contribution in [0.25, 0.3) is 10.2 Å². The number of thiazole rings is 1. The van der Waals surface area contributed by atoms with Gasteiger partial charge < -0.3 is 15.4 Å². The van der Waals surface area contributed by atoms with E-state index in [0.717, 1.165) is 47.0 Å². The lowest BCUT2D eigenvalue weighted by molar-refractivity contribution is -0.00465. The Bertz CT molecular complexity index is 597. The van der Waals surface area contributed by atoms with E-state index in [1.807, 2.05) is 18.2 Å². The highest BCUT2D eigenvalue weighted by Gasteiger charge is 2.31. The van der Waals surface area contributed by atoms with Gasteiger partial charge in [0.05, 0.1) is 15.8 Å². The number of methoxy groups -OCH3 is 1. The molecule has 0 aliphatic carbocycles. The smallest absolute Gasteiger partial charge is 0.186 e. The Morgan fingerprint density at radius 3 is 3.11 bits per heavy atom. The van der Waals surface area contributed by atoms with Gasteiger partial charge in [-0.25, -0.2) is 4.98 Å². The predicted octanol–water partition coefficient (Wildman–Crippen LogP) is 2.88. The quantitative estimate of drug-likeness (QED) is 0.858. The summed E-state index contributed by atoms with van der Waals surface area (Å²) in [6, 6.07) is 5.89. The van der Waals surface area contributed by atoms with Crippen molar-refractivity contribution in [2.45, 2.75) is 25.4 Å². The number of hydrogen-bond donors (Lipinski definition) is 1. The zero-order chi connectivity index (χ0) is 13.5. The second-order valence-corrected chi connectivity index (χ2v) is 6.41. The van der Waals surface area contributed by atoms with Crippen LogP contribution in [0.5, 0.6) is 0 Å². The molecule has 2 aromatic rings. The number of aromatic nitrogens is 1. The van der Waals surface area contributed by atoms with Crippen molar-refractivity contribution < 1.29 is 4.74 Å². The first-order valence-electron chi connectivity index (χ1n) is 6.56. The van der Waals surface area contributed by atoms with Gasteiger partial charge in [0.1, 0.15) is 0 Å². The standard InChI is InChI=1S/C14H19N3OS/c1-14(18-2)6-3-7-17(9-14)13-16-11-5-4-10(15)8-12(11)19-13/h4-5,8H,3,6-7,9,15H2,1-2H3. The van der Waals surface area contributed by atoms with Crippen LogP contribution in [0.3, 0.4) is 0 Å². The van der Waals surface area contributed by atoms with Gasteiger partial charge in [-0.15, -0.1) is 0 Å². The first-order valence-corrected chi connectivity index (χ1v) is 7.37. The summed E-state index contributed by atoms with van der Waals surface area (Å²) < 4.78 is 6.79. The van der Waals surface area contributed by atoms with Crippen molar-refractivity contribution in [1.82, 2.24) is 4.98 Å². The number of benzene rings is 1. The maximum Gasteiger partial charge on any atom is 0.186 e. The van der Waals surface area contributed by atoms with E-state index in [0.29, 0.717) is 0 Å². The molecule has 3 rings (SSSR count). The fraction of sp³-hybridized carbons (Fsp3) is 0.500. The number of hydrogen-bond acceptors (Lipinski definition) is 5. The lowest BCUT2D eigenvalue weighted by Gasteiger charge is -2.39. The van der Waals surface area contributed by atoms with E-state index in [4.69, 9.17) is 15.5 Å². The number of fused-ring (bicyclic) bond motifs is 1. The van der Waals surface area contributed by atoms with E-state index in [-0.39, 0.29) is 5.60 Å². The van der Waals surface area contributed by atoms with Crippen molar-refractivity contribution in [2.24, 2.45) is 0 Å². The molecule has 1 fully saturated rings. The number of nitrogen functional groups attached to an aromatic ring is 1. The van der Waals surface area contributed by atoms with Gasteiger partial charge in [-0.05, 0) is 38.0 Å². The van der Waals surface area contributed by atoms with Gasteiger partial charge in [-0.1, -0.05) is 11.3 Å². The summed E-state index contributed by atoms with van der Waals surface area (Å²) in [5.74, 6) is 0. The van der Waals surface area contributed by atoms with Crippen LogP contribution < -0.4 is 10.6 Å². The molecular weight excluding hydrogens is 258 g/mol. The number of rotatable bonds is 2. The molecule has 102 valence electrons. The first-order chi connectivity index (χ1) is 9.09. The topological polar surface area (TPSA) is 51.4 Å². The molecule has 2 N–H and O–H groups in total. The summed E-state index contributed by atoms with van der Waals surface area (Å²) in [4.78, 5) is 7.04. The number of piperidine rings is 1. The van der Waals surface area contributed by atoms with Crippen LogP contribution >= 0.6 is 11.3 Å². The van der Waals surface area contributed by atoms with Crippen molar-refractivity contribution in [1.29, 1.82) is 0 Å². The Balaban J connectivity index is 1.91. The summed E-state index contributed by atoms with van der Waals surface area (Å²) in [6.45, 7) is 4.12. The third-order valence-electron chi connectivity index (χ3n) is 3.82. The Morgan fingerprint density at radius 2 is 2.32 bits per heavy atom. The van der Waals surface area contributed by atoms with Crippen molar-refractivity contribution in [2.75, 3.05) is 30.8 Å². The lowest BCUT2D eigenvalue weighted by atomic mass is 9.95. The summed E-state index contributed by atoms with van der Waals surface area (Å²) in [7, 11) is 1.79. The van der Waals surface area contributed by atoms with E-state index in [9.17, 15) is 0 Å².